The van der Waals surface area contributed by atoms with Gasteiger partial charge in [-0.1, -0.05) is 0 Å². The number of nitrogens with zero attached hydrogens (tertiary/aromatic N) is 2. The number of aliphatic hydroxyl groups excluding tert-OH is 1. The Bertz CT molecular complexity index is 368. The van der Waals surface area contributed by atoms with Gasteiger partial charge >= 0.3 is 0 Å². The molecule has 0 bridgehead atoms. The average molecular weight is 205 g/mol. The lowest BCUT2D eigenvalue weighted by Gasteiger charge is -2.26. The van der Waals surface area contributed by atoms with E-state index < -0.39 is 0 Å². The zero-order valence-corrected chi connectivity index (χ0v) is 8.99. The minimum absolute atomic E-state index is 0.135. The van der Waals surface area contributed by atoms with Gasteiger partial charge in [0.1, 0.15) is 11.8 Å². The SMILES string of the molecule is CC(C)(CCO)Nc1ccnc(C#N)c1. The standard InChI is InChI=1S/C11H15N3O/c1-11(2,4-6-15)14-9-3-5-13-10(7-9)8-12/h3,5,7,15H,4,6H2,1-2H3,(H,13,14). The molecule has 15 heavy (non-hydrogen) atoms. The average Bonchev–Trinajstić information content (AvgIpc) is 2.17. The summed E-state index contributed by atoms with van der Waals surface area (Å²) >= 11 is 0. The van der Waals surface area contributed by atoms with E-state index in [2.05, 4.69) is 10.3 Å². The number of anilines is 1. The Labute approximate surface area is 89.6 Å². The van der Waals surface area contributed by atoms with Crippen LogP contribution in [0.2, 0.25) is 0 Å². The van der Waals surface area contributed by atoms with Crippen molar-refractivity contribution >= 4 is 5.69 Å². The number of aromatic nitrogens is 1. The zero-order valence-electron chi connectivity index (χ0n) is 8.99. The van der Waals surface area contributed by atoms with E-state index in [1.807, 2.05) is 19.9 Å². The van der Waals surface area contributed by atoms with Crippen LogP contribution in [0.3, 0.4) is 0 Å². The van der Waals surface area contributed by atoms with Crippen LogP contribution >= 0.6 is 0 Å². The number of nitrogens with one attached hydrogen (secondary N) is 1. The van der Waals surface area contributed by atoms with E-state index in [1.54, 1.807) is 18.3 Å². The molecule has 0 saturated carbocycles. The van der Waals surface area contributed by atoms with Crippen LogP contribution in [-0.2, 0) is 0 Å². The van der Waals surface area contributed by atoms with Crippen LogP contribution < -0.4 is 5.32 Å². The molecule has 0 aliphatic heterocycles. The summed E-state index contributed by atoms with van der Waals surface area (Å²) < 4.78 is 0. The first-order valence-corrected chi connectivity index (χ1v) is 4.82. The van der Waals surface area contributed by atoms with E-state index in [-0.39, 0.29) is 12.1 Å². The predicted octanol–water partition coefficient (Wildman–Crippen LogP) is 1.53. The molecular formula is C11H15N3O. The molecule has 1 aromatic rings. The van der Waals surface area contributed by atoms with Crippen LogP contribution in [0.1, 0.15) is 26.0 Å². The van der Waals surface area contributed by atoms with Gasteiger partial charge in [0.2, 0.25) is 0 Å². The van der Waals surface area contributed by atoms with Crippen LogP contribution in [-0.4, -0.2) is 22.2 Å². The molecule has 0 atom stereocenters. The van der Waals surface area contributed by atoms with Crippen molar-refractivity contribution < 1.29 is 5.11 Å². The molecule has 1 aromatic heterocycles. The Morgan fingerprint density at radius 3 is 2.93 bits per heavy atom. The summed E-state index contributed by atoms with van der Waals surface area (Å²) in [6.45, 7) is 4.13. The van der Waals surface area contributed by atoms with Crippen LogP contribution in [0.4, 0.5) is 5.69 Å². The Kier molecular flexibility index (Phi) is 3.64. The first-order chi connectivity index (χ1) is 7.07. The smallest absolute Gasteiger partial charge is 0.142 e. The number of aliphatic hydroxyl groups is 1. The molecule has 0 unspecified atom stereocenters. The van der Waals surface area contributed by atoms with Gasteiger partial charge in [-0.2, -0.15) is 5.26 Å². The summed E-state index contributed by atoms with van der Waals surface area (Å²) in [5, 5.41) is 20.8. The van der Waals surface area contributed by atoms with E-state index in [9.17, 15) is 0 Å². The number of hydrogen-bond donors (Lipinski definition) is 2. The topological polar surface area (TPSA) is 68.9 Å². The molecule has 0 saturated heterocycles. The molecular weight excluding hydrogens is 190 g/mol. The van der Waals surface area contributed by atoms with E-state index in [0.29, 0.717) is 12.1 Å². The van der Waals surface area contributed by atoms with Gasteiger partial charge in [0, 0.05) is 24.0 Å². The largest absolute Gasteiger partial charge is 0.396 e. The summed E-state index contributed by atoms with van der Waals surface area (Å²) in [5.41, 5.74) is 1.04. The number of pyridine rings is 1. The molecule has 0 aliphatic carbocycles. The first kappa shape index (κ1) is 11.5. The fourth-order valence-electron chi connectivity index (χ4n) is 1.30. The van der Waals surface area contributed by atoms with Crippen LogP contribution in [0.5, 0.6) is 0 Å². The minimum atomic E-state index is -0.192. The summed E-state index contributed by atoms with van der Waals surface area (Å²) in [5.74, 6) is 0. The summed E-state index contributed by atoms with van der Waals surface area (Å²) in [4.78, 5) is 3.88. The molecule has 2 N–H and O–H groups in total. The van der Waals surface area contributed by atoms with Gasteiger partial charge in [0.05, 0.1) is 0 Å². The quantitative estimate of drug-likeness (QED) is 0.782. The van der Waals surface area contributed by atoms with Crippen molar-refractivity contribution in [3.05, 3.63) is 24.0 Å². The highest BCUT2D eigenvalue weighted by Gasteiger charge is 2.16. The molecule has 4 heteroatoms. The van der Waals surface area contributed by atoms with Crippen molar-refractivity contribution in [2.24, 2.45) is 0 Å². The van der Waals surface area contributed by atoms with Gasteiger partial charge in [-0.3, -0.25) is 0 Å². The van der Waals surface area contributed by atoms with Crippen molar-refractivity contribution in [2.75, 3.05) is 11.9 Å². The van der Waals surface area contributed by atoms with Crippen molar-refractivity contribution in [1.82, 2.24) is 4.98 Å². The second-order valence-corrected chi connectivity index (χ2v) is 4.02. The fourth-order valence-corrected chi connectivity index (χ4v) is 1.30. The minimum Gasteiger partial charge on any atom is -0.396 e. The van der Waals surface area contributed by atoms with Crippen molar-refractivity contribution in [2.45, 2.75) is 25.8 Å². The van der Waals surface area contributed by atoms with Crippen LogP contribution in [0.15, 0.2) is 18.3 Å². The number of hydrogen-bond acceptors (Lipinski definition) is 4. The van der Waals surface area contributed by atoms with Gasteiger partial charge in [-0.25, -0.2) is 4.98 Å². The third-order valence-corrected chi connectivity index (χ3v) is 2.09. The molecule has 1 heterocycles. The number of rotatable bonds is 4. The van der Waals surface area contributed by atoms with Gasteiger partial charge in [-0.15, -0.1) is 0 Å². The van der Waals surface area contributed by atoms with Crippen LogP contribution in [0.25, 0.3) is 0 Å². The molecule has 1 rings (SSSR count). The first-order valence-electron chi connectivity index (χ1n) is 4.82. The third kappa shape index (κ3) is 3.56. The Balaban J connectivity index is 2.76. The summed E-state index contributed by atoms with van der Waals surface area (Å²) in [6, 6.07) is 5.48. The van der Waals surface area contributed by atoms with E-state index in [4.69, 9.17) is 10.4 Å². The van der Waals surface area contributed by atoms with Crippen molar-refractivity contribution in [1.29, 1.82) is 5.26 Å². The Hall–Kier alpha value is -1.60. The lowest BCUT2D eigenvalue weighted by Crippen LogP contribution is -2.31. The molecule has 0 aliphatic rings. The summed E-state index contributed by atoms with van der Waals surface area (Å²) in [6.07, 6.45) is 2.24. The van der Waals surface area contributed by atoms with Gasteiger partial charge < -0.3 is 10.4 Å². The highest BCUT2D eigenvalue weighted by Crippen LogP contribution is 2.17. The predicted molar refractivity (Wildman–Crippen MR) is 58.4 cm³/mol. The molecule has 0 aromatic carbocycles. The summed E-state index contributed by atoms with van der Waals surface area (Å²) in [7, 11) is 0. The van der Waals surface area contributed by atoms with E-state index in [0.717, 1.165) is 5.69 Å². The molecule has 0 radical (unpaired) electrons. The van der Waals surface area contributed by atoms with Crippen molar-refractivity contribution in [3.8, 4) is 6.07 Å². The fraction of sp³-hybridized carbons (Fsp3) is 0.455. The molecule has 0 fully saturated rings. The van der Waals surface area contributed by atoms with Gasteiger partial charge in [0.15, 0.2) is 0 Å². The lowest BCUT2D eigenvalue weighted by molar-refractivity contribution is 0.261. The zero-order chi connectivity index (χ0) is 11.3. The third-order valence-electron chi connectivity index (χ3n) is 2.09. The Morgan fingerprint density at radius 1 is 1.60 bits per heavy atom. The Morgan fingerprint density at radius 2 is 2.33 bits per heavy atom. The second kappa shape index (κ2) is 4.76. The maximum Gasteiger partial charge on any atom is 0.142 e. The maximum absolute atomic E-state index is 8.88. The second-order valence-electron chi connectivity index (χ2n) is 4.02. The highest BCUT2D eigenvalue weighted by atomic mass is 16.3. The molecule has 80 valence electrons. The van der Waals surface area contributed by atoms with Gasteiger partial charge in [-0.05, 0) is 32.4 Å². The van der Waals surface area contributed by atoms with Crippen LogP contribution in [0, 0.1) is 11.3 Å². The van der Waals surface area contributed by atoms with E-state index >= 15 is 0 Å². The molecule has 0 spiro atoms. The van der Waals surface area contributed by atoms with Crippen molar-refractivity contribution in [3.63, 3.8) is 0 Å². The molecule has 4 nitrogen and oxygen atoms in total. The maximum atomic E-state index is 8.88. The molecule has 0 amide bonds. The van der Waals surface area contributed by atoms with Gasteiger partial charge in [0.25, 0.3) is 0 Å². The van der Waals surface area contributed by atoms with E-state index in [1.165, 1.54) is 0 Å². The monoisotopic (exact) mass is 205 g/mol. The normalized spacial score (nSPS) is 10.8. The number of nitriles is 1. The highest BCUT2D eigenvalue weighted by molar-refractivity contribution is 5.47. The lowest BCUT2D eigenvalue weighted by atomic mass is 10.0.